The van der Waals surface area contributed by atoms with Crippen LogP contribution in [0.1, 0.15) is 58.3 Å². The minimum atomic E-state index is 0.870. The molecule has 1 aliphatic rings. The minimum absolute atomic E-state index is 0.870. The first-order chi connectivity index (χ1) is 7.86. The van der Waals surface area contributed by atoms with E-state index in [1.54, 1.807) is 0 Å². The van der Waals surface area contributed by atoms with E-state index in [9.17, 15) is 0 Å². The zero-order chi connectivity index (χ0) is 11.6. The molecule has 0 aliphatic carbocycles. The first kappa shape index (κ1) is 14.0. The number of unbranched alkanes of at least 4 members (excludes halogenated alkanes) is 4. The van der Waals surface area contributed by atoms with Crippen molar-refractivity contribution in [1.82, 2.24) is 4.90 Å². The van der Waals surface area contributed by atoms with Gasteiger partial charge in [-0.1, -0.05) is 32.6 Å². The topological polar surface area (TPSA) is 29.3 Å². The first-order valence-electron chi connectivity index (χ1n) is 7.29. The van der Waals surface area contributed by atoms with E-state index >= 15 is 0 Å². The molecule has 1 aliphatic heterocycles. The van der Waals surface area contributed by atoms with Crippen LogP contribution in [0.3, 0.4) is 0 Å². The number of nitrogens with zero attached hydrogens (tertiary/aromatic N) is 1. The molecule has 1 fully saturated rings. The van der Waals surface area contributed by atoms with Crippen molar-refractivity contribution in [2.45, 2.75) is 58.3 Å². The molecule has 1 unspecified atom stereocenters. The summed E-state index contributed by atoms with van der Waals surface area (Å²) in [6, 6.07) is 0. The molecule has 0 spiro atoms. The summed E-state index contributed by atoms with van der Waals surface area (Å²) in [5, 5.41) is 0. The van der Waals surface area contributed by atoms with Gasteiger partial charge in [0.05, 0.1) is 0 Å². The van der Waals surface area contributed by atoms with E-state index in [2.05, 4.69) is 11.8 Å². The molecule has 96 valence electrons. The van der Waals surface area contributed by atoms with Gasteiger partial charge in [0.2, 0.25) is 0 Å². The predicted octanol–water partition coefficient (Wildman–Crippen LogP) is 3.02. The van der Waals surface area contributed by atoms with Crippen LogP contribution in [0.25, 0.3) is 0 Å². The molecule has 1 rings (SSSR count). The van der Waals surface area contributed by atoms with Gasteiger partial charge in [-0.3, -0.25) is 0 Å². The van der Waals surface area contributed by atoms with Crippen LogP contribution < -0.4 is 5.73 Å². The van der Waals surface area contributed by atoms with Gasteiger partial charge in [0.15, 0.2) is 0 Å². The zero-order valence-corrected chi connectivity index (χ0v) is 11.1. The Bertz CT molecular complexity index is 157. The summed E-state index contributed by atoms with van der Waals surface area (Å²) in [7, 11) is 0. The largest absolute Gasteiger partial charge is 0.330 e. The maximum atomic E-state index is 5.64. The van der Waals surface area contributed by atoms with Crippen molar-refractivity contribution < 1.29 is 0 Å². The van der Waals surface area contributed by atoms with Crippen molar-refractivity contribution in [1.29, 1.82) is 0 Å². The molecule has 1 heterocycles. The van der Waals surface area contributed by atoms with Crippen LogP contribution in [-0.4, -0.2) is 31.1 Å². The Kier molecular flexibility index (Phi) is 7.87. The molecule has 0 amide bonds. The van der Waals surface area contributed by atoms with Crippen LogP contribution in [0.4, 0.5) is 0 Å². The fraction of sp³-hybridized carbons (Fsp3) is 1.00. The van der Waals surface area contributed by atoms with Crippen molar-refractivity contribution in [3.05, 3.63) is 0 Å². The highest BCUT2D eigenvalue weighted by Gasteiger charge is 2.18. The molecule has 16 heavy (non-hydrogen) atoms. The maximum absolute atomic E-state index is 5.64. The minimum Gasteiger partial charge on any atom is -0.330 e. The van der Waals surface area contributed by atoms with Crippen LogP contribution in [0.5, 0.6) is 0 Å². The van der Waals surface area contributed by atoms with Crippen LogP contribution >= 0.6 is 0 Å². The summed E-state index contributed by atoms with van der Waals surface area (Å²) in [6.07, 6.45) is 11.0. The monoisotopic (exact) mass is 226 g/mol. The van der Waals surface area contributed by atoms with Gasteiger partial charge < -0.3 is 10.6 Å². The van der Waals surface area contributed by atoms with E-state index in [-0.39, 0.29) is 0 Å². The number of piperidine rings is 1. The molecule has 0 saturated carbocycles. The van der Waals surface area contributed by atoms with Gasteiger partial charge in [0.1, 0.15) is 0 Å². The van der Waals surface area contributed by atoms with Gasteiger partial charge in [-0.25, -0.2) is 0 Å². The van der Waals surface area contributed by atoms with Gasteiger partial charge >= 0.3 is 0 Å². The van der Waals surface area contributed by atoms with Crippen molar-refractivity contribution in [2.75, 3.05) is 26.2 Å². The Labute approximate surface area is 102 Å². The third-order valence-corrected chi connectivity index (χ3v) is 3.76. The summed E-state index contributed by atoms with van der Waals surface area (Å²) < 4.78 is 0. The van der Waals surface area contributed by atoms with Crippen molar-refractivity contribution >= 4 is 0 Å². The van der Waals surface area contributed by atoms with E-state index in [0.717, 1.165) is 12.5 Å². The molecule has 1 atom stereocenters. The SMILES string of the molecule is CCCCCCCN1CCCC(CCN)C1. The fourth-order valence-corrected chi connectivity index (χ4v) is 2.76. The summed E-state index contributed by atoms with van der Waals surface area (Å²) in [5.41, 5.74) is 5.64. The fourth-order valence-electron chi connectivity index (χ4n) is 2.76. The van der Waals surface area contributed by atoms with Crippen molar-refractivity contribution in [3.63, 3.8) is 0 Å². The zero-order valence-electron chi connectivity index (χ0n) is 11.1. The molecule has 0 aromatic heterocycles. The number of hydrogen-bond donors (Lipinski definition) is 1. The lowest BCUT2D eigenvalue weighted by Gasteiger charge is -2.32. The Morgan fingerprint density at radius 3 is 2.75 bits per heavy atom. The molecule has 0 bridgehead atoms. The molecular weight excluding hydrogens is 196 g/mol. The molecule has 2 nitrogen and oxygen atoms in total. The van der Waals surface area contributed by atoms with Crippen LogP contribution in [0, 0.1) is 5.92 Å². The second kappa shape index (κ2) is 9.00. The van der Waals surface area contributed by atoms with Crippen molar-refractivity contribution in [2.24, 2.45) is 11.7 Å². The molecular formula is C14H30N2. The van der Waals surface area contributed by atoms with E-state index in [1.165, 1.54) is 71.0 Å². The first-order valence-corrected chi connectivity index (χ1v) is 7.29. The van der Waals surface area contributed by atoms with Crippen LogP contribution in [0.2, 0.25) is 0 Å². The lowest BCUT2D eigenvalue weighted by molar-refractivity contribution is 0.167. The Morgan fingerprint density at radius 2 is 2.00 bits per heavy atom. The highest BCUT2D eigenvalue weighted by Crippen LogP contribution is 2.19. The van der Waals surface area contributed by atoms with Gasteiger partial charge in [0.25, 0.3) is 0 Å². The summed E-state index contributed by atoms with van der Waals surface area (Å²) >= 11 is 0. The Morgan fingerprint density at radius 1 is 1.19 bits per heavy atom. The molecule has 2 heteroatoms. The third-order valence-electron chi connectivity index (χ3n) is 3.76. The van der Waals surface area contributed by atoms with Crippen LogP contribution in [-0.2, 0) is 0 Å². The Hall–Kier alpha value is -0.0800. The lowest BCUT2D eigenvalue weighted by atomic mass is 9.94. The molecule has 0 aromatic carbocycles. The molecule has 1 saturated heterocycles. The van der Waals surface area contributed by atoms with Crippen LogP contribution in [0.15, 0.2) is 0 Å². The standard InChI is InChI=1S/C14H30N2/c1-2-3-4-5-6-11-16-12-7-8-14(13-16)9-10-15/h14H,2-13,15H2,1H3. The van der Waals surface area contributed by atoms with E-state index < -0.39 is 0 Å². The number of nitrogens with two attached hydrogens (primary N) is 1. The second-order valence-electron chi connectivity index (χ2n) is 5.30. The van der Waals surface area contributed by atoms with E-state index in [4.69, 9.17) is 5.73 Å². The molecule has 0 radical (unpaired) electrons. The summed E-state index contributed by atoms with van der Waals surface area (Å²) in [5.74, 6) is 0.884. The molecule has 0 aromatic rings. The van der Waals surface area contributed by atoms with E-state index in [0.29, 0.717) is 0 Å². The van der Waals surface area contributed by atoms with Crippen molar-refractivity contribution in [3.8, 4) is 0 Å². The van der Waals surface area contributed by atoms with Gasteiger partial charge in [-0.05, 0) is 51.2 Å². The number of hydrogen-bond acceptors (Lipinski definition) is 2. The molecule has 2 N–H and O–H groups in total. The normalized spacial score (nSPS) is 22.5. The highest BCUT2D eigenvalue weighted by atomic mass is 15.1. The summed E-state index contributed by atoms with van der Waals surface area (Å²) in [6.45, 7) is 7.11. The Balaban J connectivity index is 2.02. The number of rotatable bonds is 8. The third kappa shape index (κ3) is 5.86. The smallest absolute Gasteiger partial charge is 0.00101 e. The quantitative estimate of drug-likeness (QED) is 0.645. The van der Waals surface area contributed by atoms with E-state index in [1.807, 2.05) is 0 Å². The highest BCUT2D eigenvalue weighted by molar-refractivity contribution is 4.73. The second-order valence-corrected chi connectivity index (χ2v) is 5.30. The average Bonchev–Trinajstić information content (AvgIpc) is 2.30. The van der Waals surface area contributed by atoms with Gasteiger partial charge in [-0.2, -0.15) is 0 Å². The number of likely N-dealkylation sites (tertiary alicyclic amines) is 1. The predicted molar refractivity (Wildman–Crippen MR) is 71.6 cm³/mol. The summed E-state index contributed by atoms with van der Waals surface area (Å²) in [4.78, 5) is 2.66. The lowest BCUT2D eigenvalue weighted by Crippen LogP contribution is -2.36. The van der Waals surface area contributed by atoms with Gasteiger partial charge in [0, 0.05) is 6.54 Å². The van der Waals surface area contributed by atoms with Gasteiger partial charge in [-0.15, -0.1) is 0 Å². The maximum Gasteiger partial charge on any atom is 0.00101 e. The average molecular weight is 226 g/mol.